The third kappa shape index (κ3) is 3.75. The lowest BCUT2D eigenvalue weighted by Gasteiger charge is -2.14. The molecule has 0 aliphatic carbocycles. The van der Waals surface area contributed by atoms with Crippen LogP contribution in [-0.2, 0) is 4.79 Å². The molecule has 1 aromatic heterocycles. The first-order valence-electron chi connectivity index (χ1n) is 6.37. The highest BCUT2D eigenvalue weighted by atomic mass is 16.4. The number of nitrogens with zero attached hydrogens (tertiary/aromatic N) is 2. The Morgan fingerprint density at radius 3 is 2.79 bits per heavy atom. The number of aromatic nitrogens is 1. The molecule has 1 saturated heterocycles. The van der Waals surface area contributed by atoms with Gasteiger partial charge in [0.2, 0.25) is 5.91 Å². The fraction of sp³-hybridized carbons (Fsp3) is 0.462. The van der Waals surface area contributed by atoms with Crippen molar-refractivity contribution >= 4 is 17.6 Å². The summed E-state index contributed by atoms with van der Waals surface area (Å²) in [5.74, 6) is -1.32. The Hall–Kier alpha value is -1.95. The van der Waals surface area contributed by atoms with E-state index in [4.69, 9.17) is 5.11 Å². The number of rotatable bonds is 5. The van der Waals surface area contributed by atoms with E-state index in [1.165, 1.54) is 19.0 Å². The van der Waals surface area contributed by atoms with Crippen molar-refractivity contribution in [2.75, 3.05) is 25.0 Å². The van der Waals surface area contributed by atoms with Crippen LogP contribution in [0.25, 0.3) is 0 Å². The molecule has 0 bridgehead atoms. The average Bonchev–Trinajstić information content (AvgIpc) is 2.90. The van der Waals surface area contributed by atoms with Gasteiger partial charge in [-0.15, -0.1) is 0 Å². The van der Waals surface area contributed by atoms with Gasteiger partial charge in [-0.25, -0.2) is 9.78 Å². The van der Waals surface area contributed by atoms with Crippen LogP contribution in [0.1, 0.15) is 29.8 Å². The van der Waals surface area contributed by atoms with E-state index in [0.717, 1.165) is 13.1 Å². The molecule has 1 aliphatic heterocycles. The summed E-state index contributed by atoms with van der Waals surface area (Å²) in [6.45, 7) is 2.80. The number of hydrogen-bond acceptors (Lipinski definition) is 4. The van der Waals surface area contributed by atoms with Crippen LogP contribution in [0, 0.1) is 0 Å². The van der Waals surface area contributed by atoms with Crippen molar-refractivity contribution in [3.8, 4) is 0 Å². The van der Waals surface area contributed by atoms with Crippen LogP contribution < -0.4 is 5.32 Å². The number of anilines is 1. The predicted molar refractivity (Wildman–Crippen MR) is 70.1 cm³/mol. The highest BCUT2D eigenvalue weighted by Crippen LogP contribution is 2.13. The summed E-state index contributed by atoms with van der Waals surface area (Å²) < 4.78 is 0. The average molecular weight is 263 g/mol. The second-order valence-corrected chi connectivity index (χ2v) is 4.55. The predicted octanol–water partition coefficient (Wildman–Crippen LogP) is 1.20. The van der Waals surface area contributed by atoms with Gasteiger partial charge in [0.05, 0.1) is 5.69 Å². The van der Waals surface area contributed by atoms with Crippen LogP contribution in [-0.4, -0.2) is 46.5 Å². The Morgan fingerprint density at radius 1 is 1.37 bits per heavy atom. The van der Waals surface area contributed by atoms with Crippen molar-refractivity contribution in [2.24, 2.45) is 0 Å². The number of carboxylic acid groups (broad SMARTS) is 1. The highest BCUT2D eigenvalue weighted by molar-refractivity contribution is 5.99. The van der Waals surface area contributed by atoms with E-state index < -0.39 is 5.97 Å². The summed E-state index contributed by atoms with van der Waals surface area (Å²) in [5.41, 5.74) is 0.124. The van der Waals surface area contributed by atoms with Gasteiger partial charge in [0, 0.05) is 19.2 Å². The monoisotopic (exact) mass is 263 g/mol. The Kier molecular flexibility index (Phi) is 4.46. The van der Waals surface area contributed by atoms with E-state index in [2.05, 4.69) is 15.2 Å². The number of amides is 1. The molecular formula is C13H17N3O3. The lowest BCUT2D eigenvalue weighted by Crippen LogP contribution is -2.25. The third-order valence-corrected chi connectivity index (χ3v) is 3.14. The van der Waals surface area contributed by atoms with E-state index >= 15 is 0 Å². The molecular weight excluding hydrogens is 246 g/mol. The second kappa shape index (κ2) is 6.29. The standard InChI is InChI=1S/C13H17N3O3/c17-11(5-9-16-7-1-2-8-16)15-10-4-3-6-14-12(10)13(18)19/h3-4,6H,1-2,5,7-9H2,(H,15,17)(H,18,19). The molecule has 19 heavy (non-hydrogen) atoms. The van der Waals surface area contributed by atoms with Crippen molar-refractivity contribution in [1.82, 2.24) is 9.88 Å². The number of pyridine rings is 1. The van der Waals surface area contributed by atoms with Crippen molar-refractivity contribution in [2.45, 2.75) is 19.3 Å². The maximum Gasteiger partial charge on any atom is 0.356 e. The second-order valence-electron chi connectivity index (χ2n) is 4.55. The molecule has 102 valence electrons. The van der Waals surface area contributed by atoms with Gasteiger partial charge in [-0.2, -0.15) is 0 Å². The van der Waals surface area contributed by atoms with Crippen LogP contribution in [0.5, 0.6) is 0 Å². The number of carbonyl (C=O) groups is 2. The van der Waals surface area contributed by atoms with Crippen LogP contribution >= 0.6 is 0 Å². The van der Waals surface area contributed by atoms with E-state index in [1.54, 1.807) is 12.1 Å². The lowest BCUT2D eigenvalue weighted by molar-refractivity contribution is -0.116. The zero-order chi connectivity index (χ0) is 13.7. The molecule has 6 heteroatoms. The van der Waals surface area contributed by atoms with Crippen molar-refractivity contribution in [1.29, 1.82) is 0 Å². The first-order chi connectivity index (χ1) is 9.16. The summed E-state index contributed by atoms with van der Waals surface area (Å²) in [6, 6.07) is 3.15. The number of hydrogen-bond donors (Lipinski definition) is 2. The molecule has 0 saturated carbocycles. The Balaban J connectivity index is 1.89. The number of aromatic carboxylic acids is 1. The van der Waals surface area contributed by atoms with E-state index in [0.29, 0.717) is 13.0 Å². The van der Waals surface area contributed by atoms with Gasteiger partial charge < -0.3 is 15.3 Å². The van der Waals surface area contributed by atoms with Crippen LogP contribution in [0.2, 0.25) is 0 Å². The van der Waals surface area contributed by atoms with E-state index in [-0.39, 0.29) is 17.3 Å². The van der Waals surface area contributed by atoms with Gasteiger partial charge in [0.25, 0.3) is 0 Å². The van der Waals surface area contributed by atoms with Gasteiger partial charge in [-0.05, 0) is 38.1 Å². The fourth-order valence-corrected chi connectivity index (χ4v) is 2.16. The molecule has 1 aliphatic rings. The molecule has 0 atom stereocenters. The summed E-state index contributed by atoms with van der Waals surface area (Å²) in [4.78, 5) is 28.7. The molecule has 6 nitrogen and oxygen atoms in total. The Bertz CT molecular complexity index is 470. The molecule has 2 N–H and O–H groups in total. The molecule has 0 unspecified atom stereocenters. The van der Waals surface area contributed by atoms with Gasteiger partial charge >= 0.3 is 5.97 Å². The minimum atomic E-state index is -1.14. The Morgan fingerprint density at radius 2 is 2.11 bits per heavy atom. The number of carboxylic acids is 1. The minimum Gasteiger partial charge on any atom is -0.476 e. The highest BCUT2D eigenvalue weighted by Gasteiger charge is 2.15. The molecule has 0 aromatic carbocycles. The third-order valence-electron chi connectivity index (χ3n) is 3.14. The van der Waals surface area contributed by atoms with Crippen molar-refractivity contribution < 1.29 is 14.7 Å². The van der Waals surface area contributed by atoms with Gasteiger partial charge in [-0.1, -0.05) is 0 Å². The molecule has 2 rings (SSSR count). The molecule has 0 spiro atoms. The first-order valence-corrected chi connectivity index (χ1v) is 6.37. The maximum absolute atomic E-state index is 11.8. The minimum absolute atomic E-state index is 0.128. The van der Waals surface area contributed by atoms with Crippen molar-refractivity contribution in [3.05, 3.63) is 24.0 Å². The normalized spacial score (nSPS) is 15.4. The molecule has 1 amide bonds. The van der Waals surface area contributed by atoms with Crippen LogP contribution in [0.15, 0.2) is 18.3 Å². The quantitative estimate of drug-likeness (QED) is 0.834. The zero-order valence-corrected chi connectivity index (χ0v) is 10.6. The summed E-state index contributed by atoms with van der Waals surface area (Å²) in [5, 5.41) is 11.6. The number of likely N-dealkylation sites (tertiary alicyclic amines) is 1. The Labute approximate surface area is 111 Å². The van der Waals surface area contributed by atoms with Crippen LogP contribution in [0.4, 0.5) is 5.69 Å². The summed E-state index contributed by atoms with van der Waals surface area (Å²) in [6.07, 6.45) is 4.14. The SMILES string of the molecule is O=C(CCN1CCCC1)Nc1cccnc1C(=O)O. The summed E-state index contributed by atoms with van der Waals surface area (Å²) in [7, 11) is 0. The van der Waals surface area contributed by atoms with E-state index in [1.807, 2.05) is 0 Å². The molecule has 1 fully saturated rings. The maximum atomic E-state index is 11.8. The van der Waals surface area contributed by atoms with Gasteiger partial charge in [0.1, 0.15) is 0 Å². The van der Waals surface area contributed by atoms with Crippen molar-refractivity contribution in [3.63, 3.8) is 0 Å². The first kappa shape index (κ1) is 13.5. The van der Waals surface area contributed by atoms with Gasteiger partial charge in [-0.3, -0.25) is 4.79 Å². The van der Waals surface area contributed by atoms with Gasteiger partial charge in [0.15, 0.2) is 5.69 Å². The van der Waals surface area contributed by atoms with E-state index in [9.17, 15) is 9.59 Å². The lowest BCUT2D eigenvalue weighted by atomic mass is 10.2. The smallest absolute Gasteiger partial charge is 0.356 e. The summed E-state index contributed by atoms with van der Waals surface area (Å²) >= 11 is 0. The zero-order valence-electron chi connectivity index (χ0n) is 10.6. The number of carbonyl (C=O) groups excluding carboxylic acids is 1. The topological polar surface area (TPSA) is 82.5 Å². The largest absolute Gasteiger partial charge is 0.476 e. The molecule has 1 aromatic rings. The molecule has 2 heterocycles. The van der Waals surface area contributed by atoms with Crippen LogP contribution in [0.3, 0.4) is 0 Å². The molecule has 0 radical (unpaired) electrons. The number of nitrogens with one attached hydrogen (secondary N) is 1. The fourth-order valence-electron chi connectivity index (χ4n) is 2.16.